The van der Waals surface area contributed by atoms with Crippen molar-refractivity contribution < 1.29 is 14.3 Å². The van der Waals surface area contributed by atoms with Crippen molar-refractivity contribution in [1.82, 2.24) is 20.2 Å². The highest BCUT2D eigenvalue weighted by molar-refractivity contribution is 5.93. The summed E-state index contributed by atoms with van der Waals surface area (Å²) in [5.74, 6) is 1.65. The molecule has 11 heteroatoms. The Labute approximate surface area is 249 Å². The summed E-state index contributed by atoms with van der Waals surface area (Å²) in [4.78, 5) is 39.2. The van der Waals surface area contributed by atoms with Crippen LogP contribution in [0.3, 0.4) is 0 Å². The highest BCUT2D eigenvalue weighted by Gasteiger charge is 2.27. The number of nitrogens with two attached hydrogens (primary N) is 2. The number of ether oxygens (including phenoxy) is 1. The SMILES string of the molecule is CC(C)(C)OC(=O)N1CCC(/C(N)=C/C(N)=N\c2nccc(N3CCCCC3)n2)CC1.Cc1ccc(CNC=O)cc1. The fraction of sp³-hybridized carbons (Fsp3) is 0.516. The Bertz CT molecular complexity index is 1210. The number of hydrogen-bond acceptors (Lipinski definition) is 8. The molecule has 11 nitrogen and oxygen atoms in total. The van der Waals surface area contributed by atoms with Crippen molar-refractivity contribution in [3.8, 4) is 0 Å². The lowest BCUT2D eigenvalue weighted by Crippen LogP contribution is -2.42. The first-order valence-corrected chi connectivity index (χ1v) is 14.6. The zero-order valence-electron chi connectivity index (χ0n) is 25.4. The van der Waals surface area contributed by atoms with Crippen LogP contribution in [-0.2, 0) is 16.1 Å². The molecule has 0 radical (unpaired) electrons. The molecule has 3 heterocycles. The number of piperidine rings is 2. The Hall–Kier alpha value is -4.15. The molecule has 0 saturated carbocycles. The largest absolute Gasteiger partial charge is 0.444 e. The summed E-state index contributed by atoms with van der Waals surface area (Å²) in [6.07, 6.45) is 8.97. The van der Waals surface area contributed by atoms with E-state index in [-0.39, 0.29) is 17.8 Å². The van der Waals surface area contributed by atoms with Crippen LogP contribution in [0.5, 0.6) is 0 Å². The minimum absolute atomic E-state index is 0.146. The third-order valence-corrected chi connectivity index (χ3v) is 6.98. The number of rotatable bonds is 7. The third kappa shape index (κ3) is 11.0. The van der Waals surface area contributed by atoms with Gasteiger partial charge in [-0.2, -0.15) is 9.98 Å². The number of likely N-dealkylation sites (tertiary alicyclic amines) is 1. The van der Waals surface area contributed by atoms with E-state index in [0.717, 1.165) is 37.3 Å². The monoisotopic (exact) mass is 578 g/mol. The first-order valence-electron chi connectivity index (χ1n) is 14.6. The number of allylic oxidation sites excluding steroid dienone is 1. The molecule has 1 aromatic heterocycles. The second-order valence-electron chi connectivity index (χ2n) is 11.7. The lowest BCUT2D eigenvalue weighted by molar-refractivity contribution is -0.109. The molecule has 2 aromatic rings. The average molecular weight is 579 g/mol. The summed E-state index contributed by atoms with van der Waals surface area (Å²) in [6.45, 7) is 11.5. The average Bonchev–Trinajstić information content (AvgIpc) is 2.97. The first kappa shape index (κ1) is 32.4. The van der Waals surface area contributed by atoms with Gasteiger partial charge in [0, 0.05) is 50.5 Å². The van der Waals surface area contributed by atoms with Crippen LogP contribution >= 0.6 is 0 Å². The number of anilines is 1. The van der Waals surface area contributed by atoms with Crippen LogP contribution in [-0.4, -0.2) is 65.0 Å². The van der Waals surface area contributed by atoms with Crippen LogP contribution < -0.4 is 21.7 Å². The van der Waals surface area contributed by atoms with Gasteiger partial charge in [0.15, 0.2) is 0 Å². The van der Waals surface area contributed by atoms with Crippen LogP contribution in [0.2, 0.25) is 0 Å². The van der Waals surface area contributed by atoms with Crippen molar-refractivity contribution in [3.63, 3.8) is 0 Å². The highest BCUT2D eigenvalue weighted by Crippen LogP contribution is 2.24. The molecule has 1 aromatic carbocycles. The van der Waals surface area contributed by atoms with E-state index in [1.54, 1.807) is 17.2 Å². The number of hydrogen-bond donors (Lipinski definition) is 3. The molecule has 0 atom stereocenters. The third-order valence-electron chi connectivity index (χ3n) is 6.98. The molecule has 0 spiro atoms. The molecule has 42 heavy (non-hydrogen) atoms. The van der Waals surface area contributed by atoms with Gasteiger partial charge in [0.25, 0.3) is 5.95 Å². The molecule has 5 N–H and O–H groups in total. The zero-order valence-corrected chi connectivity index (χ0v) is 25.4. The van der Waals surface area contributed by atoms with Crippen molar-refractivity contribution in [3.05, 3.63) is 59.4 Å². The van der Waals surface area contributed by atoms with Crippen molar-refractivity contribution in [2.24, 2.45) is 22.4 Å². The van der Waals surface area contributed by atoms with Crippen molar-refractivity contribution in [2.45, 2.75) is 71.9 Å². The number of aryl methyl sites for hydroxylation is 1. The molecule has 2 fully saturated rings. The molecule has 2 aliphatic heterocycles. The lowest BCUT2D eigenvalue weighted by Gasteiger charge is -2.33. The van der Waals surface area contributed by atoms with Gasteiger partial charge in [-0.3, -0.25) is 4.79 Å². The van der Waals surface area contributed by atoms with E-state index < -0.39 is 5.60 Å². The van der Waals surface area contributed by atoms with E-state index in [1.807, 2.05) is 58.0 Å². The Morgan fingerprint density at radius 1 is 1.07 bits per heavy atom. The highest BCUT2D eigenvalue weighted by atomic mass is 16.6. The Balaban J connectivity index is 0.000000369. The van der Waals surface area contributed by atoms with Crippen LogP contribution in [0.4, 0.5) is 16.6 Å². The quantitative estimate of drug-likeness (QED) is 0.251. The van der Waals surface area contributed by atoms with E-state index in [2.05, 4.69) is 25.2 Å². The summed E-state index contributed by atoms with van der Waals surface area (Å²) in [5, 5.41) is 2.60. The molecule has 2 amide bonds. The van der Waals surface area contributed by atoms with Gasteiger partial charge in [0.1, 0.15) is 17.3 Å². The zero-order chi connectivity index (χ0) is 30.5. The summed E-state index contributed by atoms with van der Waals surface area (Å²) >= 11 is 0. The fourth-order valence-corrected chi connectivity index (χ4v) is 4.72. The van der Waals surface area contributed by atoms with Gasteiger partial charge in [-0.25, -0.2) is 9.78 Å². The number of amidine groups is 1. The van der Waals surface area contributed by atoms with Crippen LogP contribution in [0, 0.1) is 12.8 Å². The molecule has 0 aliphatic carbocycles. The predicted octanol–water partition coefficient (Wildman–Crippen LogP) is 4.19. The maximum absolute atomic E-state index is 12.2. The van der Waals surface area contributed by atoms with Gasteiger partial charge >= 0.3 is 6.09 Å². The standard InChI is InChI=1S/C22H35N7O2.C9H11NO/c1-22(2,3)31-21(30)29-13-8-16(9-14-29)17(23)15-18(24)26-20-25-10-7-19(27-20)28-11-5-4-6-12-28;1-8-2-4-9(5-3-8)6-10-7-11/h7,10,15-16H,4-6,8-9,11-14,23H2,1-3H3,(H2,24,25,26,27);2-5,7H,6H2,1H3,(H,10,11)/b17-15-;. The van der Waals surface area contributed by atoms with E-state index in [1.165, 1.54) is 24.8 Å². The van der Waals surface area contributed by atoms with Crippen molar-refractivity contribution >= 4 is 30.1 Å². The Morgan fingerprint density at radius 3 is 2.36 bits per heavy atom. The van der Waals surface area contributed by atoms with Crippen LogP contribution in [0.15, 0.2) is 53.3 Å². The molecule has 0 bridgehead atoms. The second kappa shape index (κ2) is 15.7. The minimum Gasteiger partial charge on any atom is -0.444 e. The first-order chi connectivity index (χ1) is 20.0. The number of carbonyl (C=O) groups is 2. The van der Waals surface area contributed by atoms with Crippen LogP contribution in [0.25, 0.3) is 0 Å². The lowest BCUT2D eigenvalue weighted by atomic mass is 9.93. The number of aliphatic imine (C=N–C) groups is 1. The fourth-order valence-electron chi connectivity index (χ4n) is 4.72. The van der Waals surface area contributed by atoms with Gasteiger partial charge in [-0.15, -0.1) is 0 Å². The normalized spacial score (nSPS) is 16.8. The number of carbonyl (C=O) groups excluding carboxylic acids is 2. The summed E-state index contributed by atoms with van der Waals surface area (Å²) < 4.78 is 5.44. The number of benzene rings is 1. The number of aromatic nitrogens is 2. The van der Waals surface area contributed by atoms with Gasteiger partial charge in [0.2, 0.25) is 6.41 Å². The Morgan fingerprint density at radius 2 is 1.74 bits per heavy atom. The van der Waals surface area contributed by atoms with E-state index in [4.69, 9.17) is 16.2 Å². The summed E-state index contributed by atoms with van der Waals surface area (Å²) in [5.41, 5.74) is 14.9. The number of amides is 2. The molecule has 228 valence electrons. The topological polar surface area (TPSA) is 152 Å². The van der Waals surface area contributed by atoms with Gasteiger partial charge in [-0.05, 0) is 77.5 Å². The maximum Gasteiger partial charge on any atom is 0.410 e. The van der Waals surface area contributed by atoms with E-state index >= 15 is 0 Å². The number of nitrogens with zero attached hydrogens (tertiary/aromatic N) is 5. The molecular formula is C31H46N8O3. The van der Waals surface area contributed by atoms with E-state index in [9.17, 15) is 9.59 Å². The molecular weight excluding hydrogens is 532 g/mol. The Kier molecular flexibility index (Phi) is 12.1. The second-order valence-corrected chi connectivity index (χ2v) is 11.7. The summed E-state index contributed by atoms with van der Waals surface area (Å²) in [7, 11) is 0. The molecule has 0 unspecified atom stereocenters. The van der Waals surface area contributed by atoms with Gasteiger partial charge < -0.3 is 31.3 Å². The summed E-state index contributed by atoms with van der Waals surface area (Å²) in [6, 6.07) is 9.98. The number of nitrogens with one attached hydrogen (secondary N) is 1. The molecule has 2 aliphatic rings. The van der Waals surface area contributed by atoms with Gasteiger partial charge in [0.05, 0.1) is 0 Å². The van der Waals surface area contributed by atoms with Crippen molar-refractivity contribution in [1.29, 1.82) is 0 Å². The van der Waals surface area contributed by atoms with Crippen LogP contribution in [0.1, 0.15) is 64.0 Å². The molecule has 2 saturated heterocycles. The maximum atomic E-state index is 12.2. The van der Waals surface area contributed by atoms with E-state index in [0.29, 0.717) is 37.7 Å². The smallest absolute Gasteiger partial charge is 0.410 e. The molecule has 4 rings (SSSR count). The minimum atomic E-state index is -0.495. The van der Waals surface area contributed by atoms with Crippen molar-refractivity contribution in [2.75, 3.05) is 31.1 Å². The predicted molar refractivity (Wildman–Crippen MR) is 166 cm³/mol. The van der Waals surface area contributed by atoms with Gasteiger partial charge in [-0.1, -0.05) is 29.8 Å².